The van der Waals surface area contributed by atoms with Crippen LogP contribution in [-0.4, -0.2) is 17.7 Å². The fourth-order valence-electron chi connectivity index (χ4n) is 1.79. The number of hydrogen-bond acceptors (Lipinski definition) is 2. The molecule has 0 amide bonds. The van der Waals surface area contributed by atoms with Crippen LogP contribution in [0.4, 0.5) is 4.39 Å². The van der Waals surface area contributed by atoms with Gasteiger partial charge in [0.1, 0.15) is 5.82 Å². The van der Waals surface area contributed by atoms with Crippen LogP contribution >= 0.6 is 0 Å². The lowest BCUT2D eigenvalue weighted by molar-refractivity contribution is 0.153. The van der Waals surface area contributed by atoms with Gasteiger partial charge in [-0.2, -0.15) is 0 Å². The number of halogens is 1. The van der Waals surface area contributed by atoms with E-state index in [4.69, 9.17) is 0 Å². The summed E-state index contributed by atoms with van der Waals surface area (Å²) in [4.78, 5) is 0. The van der Waals surface area contributed by atoms with Gasteiger partial charge in [-0.05, 0) is 43.5 Å². The van der Waals surface area contributed by atoms with Gasteiger partial charge in [0.2, 0.25) is 0 Å². The second-order valence-electron chi connectivity index (χ2n) is 5.13. The molecular weight excluding hydrogens is 229 g/mol. The van der Waals surface area contributed by atoms with Crippen LogP contribution in [0.25, 0.3) is 0 Å². The number of aliphatic hydroxyl groups is 1. The molecule has 0 heterocycles. The summed E-state index contributed by atoms with van der Waals surface area (Å²) >= 11 is 0. The summed E-state index contributed by atoms with van der Waals surface area (Å²) in [6, 6.07) is 6.30. The Bertz CT molecular complexity index is 339. The smallest absolute Gasteiger partial charge is 0.123 e. The van der Waals surface area contributed by atoms with Gasteiger partial charge >= 0.3 is 0 Å². The third-order valence-corrected chi connectivity index (χ3v) is 3.34. The summed E-state index contributed by atoms with van der Waals surface area (Å²) in [7, 11) is 0. The van der Waals surface area contributed by atoms with Gasteiger partial charge in [0.25, 0.3) is 0 Å². The Hall–Kier alpha value is -0.930. The average Bonchev–Trinajstić information content (AvgIpc) is 2.36. The van der Waals surface area contributed by atoms with Crippen molar-refractivity contribution in [2.75, 3.05) is 6.54 Å². The third-order valence-electron chi connectivity index (χ3n) is 3.34. The number of nitrogens with one attached hydrogen (secondary N) is 1. The Morgan fingerprint density at radius 2 is 1.83 bits per heavy atom. The predicted octanol–water partition coefficient (Wildman–Crippen LogP) is 3.27. The molecule has 0 fully saturated rings. The highest BCUT2D eigenvalue weighted by Crippen LogP contribution is 2.18. The van der Waals surface area contributed by atoms with E-state index in [9.17, 15) is 9.50 Å². The van der Waals surface area contributed by atoms with Crippen molar-refractivity contribution in [1.29, 1.82) is 0 Å². The van der Waals surface area contributed by atoms with Gasteiger partial charge in [-0.3, -0.25) is 0 Å². The average molecular weight is 253 g/mol. The molecule has 3 atom stereocenters. The lowest BCUT2D eigenvalue weighted by Gasteiger charge is -2.20. The molecule has 0 aliphatic heterocycles. The van der Waals surface area contributed by atoms with Gasteiger partial charge < -0.3 is 10.4 Å². The summed E-state index contributed by atoms with van der Waals surface area (Å²) in [6.45, 7) is 7.41. The lowest BCUT2D eigenvalue weighted by Crippen LogP contribution is -2.31. The molecule has 1 rings (SSSR count). The number of benzene rings is 1. The Balaban J connectivity index is 2.39. The zero-order valence-corrected chi connectivity index (χ0v) is 11.5. The number of hydrogen-bond donors (Lipinski definition) is 2. The van der Waals surface area contributed by atoms with Crippen LogP contribution in [-0.2, 0) is 0 Å². The van der Waals surface area contributed by atoms with Crippen LogP contribution in [0, 0.1) is 11.7 Å². The quantitative estimate of drug-likeness (QED) is 0.781. The number of aliphatic hydroxyl groups excluding tert-OH is 1. The Kier molecular flexibility index (Phi) is 6.30. The van der Waals surface area contributed by atoms with Crippen LogP contribution < -0.4 is 5.32 Å². The molecule has 0 spiro atoms. The van der Waals surface area contributed by atoms with Crippen molar-refractivity contribution < 1.29 is 9.50 Å². The lowest BCUT2D eigenvalue weighted by atomic mass is 10.0. The predicted molar refractivity (Wildman–Crippen MR) is 72.9 cm³/mol. The zero-order valence-electron chi connectivity index (χ0n) is 11.5. The molecule has 0 saturated heterocycles. The SMILES string of the molecule is CCC(C)CNC(C)CC(O)c1ccc(F)cc1. The van der Waals surface area contributed by atoms with E-state index in [1.54, 1.807) is 12.1 Å². The topological polar surface area (TPSA) is 32.3 Å². The standard InChI is InChI=1S/C15H24FNO/c1-4-11(2)10-17-12(3)9-15(18)13-5-7-14(16)8-6-13/h5-8,11-12,15,17-18H,4,9-10H2,1-3H3. The van der Waals surface area contributed by atoms with Gasteiger partial charge in [-0.25, -0.2) is 4.39 Å². The summed E-state index contributed by atoms with van der Waals surface area (Å²) in [5, 5.41) is 13.5. The maximum Gasteiger partial charge on any atom is 0.123 e. The van der Waals surface area contributed by atoms with E-state index in [0.717, 1.165) is 18.5 Å². The van der Waals surface area contributed by atoms with Crippen molar-refractivity contribution in [3.63, 3.8) is 0 Å². The van der Waals surface area contributed by atoms with Crippen LogP contribution in [0.3, 0.4) is 0 Å². The Labute approximate surface area is 109 Å². The Morgan fingerprint density at radius 1 is 1.22 bits per heavy atom. The van der Waals surface area contributed by atoms with Crippen molar-refractivity contribution in [3.8, 4) is 0 Å². The van der Waals surface area contributed by atoms with Crippen LogP contribution in [0.2, 0.25) is 0 Å². The van der Waals surface area contributed by atoms with Gasteiger partial charge in [0.05, 0.1) is 6.10 Å². The van der Waals surface area contributed by atoms with Crippen LogP contribution in [0.5, 0.6) is 0 Å². The fourth-order valence-corrected chi connectivity index (χ4v) is 1.79. The van der Waals surface area contributed by atoms with Gasteiger partial charge in [-0.15, -0.1) is 0 Å². The summed E-state index contributed by atoms with van der Waals surface area (Å²) in [6.07, 6.45) is 1.26. The normalized spacial score (nSPS) is 16.3. The highest BCUT2D eigenvalue weighted by Gasteiger charge is 2.12. The minimum atomic E-state index is -0.537. The van der Waals surface area contributed by atoms with E-state index in [2.05, 4.69) is 26.1 Å². The molecule has 0 aliphatic rings. The first kappa shape index (κ1) is 15.1. The Morgan fingerprint density at radius 3 is 2.39 bits per heavy atom. The largest absolute Gasteiger partial charge is 0.388 e. The first-order valence-corrected chi connectivity index (χ1v) is 6.69. The molecule has 3 heteroatoms. The van der Waals surface area contributed by atoms with Crippen LogP contribution in [0.15, 0.2) is 24.3 Å². The second kappa shape index (κ2) is 7.49. The molecule has 1 aromatic rings. The van der Waals surface area contributed by atoms with E-state index in [-0.39, 0.29) is 11.9 Å². The number of rotatable bonds is 7. The molecule has 3 unspecified atom stereocenters. The van der Waals surface area contributed by atoms with Crippen molar-refractivity contribution >= 4 is 0 Å². The summed E-state index contributed by atoms with van der Waals surface area (Å²) in [5.41, 5.74) is 0.772. The molecule has 0 aromatic heterocycles. The summed E-state index contributed by atoms with van der Waals surface area (Å²) in [5.74, 6) is 0.379. The molecule has 2 N–H and O–H groups in total. The third kappa shape index (κ3) is 5.15. The first-order valence-electron chi connectivity index (χ1n) is 6.69. The molecule has 0 radical (unpaired) electrons. The molecule has 0 bridgehead atoms. The minimum absolute atomic E-state index is 0.249. The van der Waals surface area contributed by atoms with Gasteiger partial charge in [0.15, 0.2) is 0 Å². The van der Waals surface area contributed by atoms with E-state index >= 15 is 0 Å². The molecule has 0 saturated carbocycles. The van der Waals surface area contributed by atoms with Gasteiger partial charge in [0, 0.05) is 6.04 Å². The molecule has 2 nitrogen and oxygen atoms in total. The maximum absolute atomic E-state index is 12.8. The highest BCUT2D eigenvalue weighted by molar-refractivity contribution is 5.18. The van der Waals surface area contributed by atoms with Crippen molar-refractivity contribution in [1.82, 2.24) is 5.32 Å². The van der Waals surface area contributed by atoms with Crippen molar-refractivity contribution in [2.45, 2.75) is 45.8 Å². The van der Waals surface area contributed by atoms with E-state index in [1.807, 2.05) is 0 Å². The zero-order chi connectivity index (χ0) is 13.5. The monoisotopic (exact) mass is 253 g/mol. The van der Waals surface area contributed by atoms with Crippen molar-refractivity contribution in [2.24, 2.45) is 5.92 Å². The summed E-state index contributed by atoms with van der Waals surface area (Å²) < 4.78 is 12.8. The first-order chi connectivity index (χ1) is 8.52. The minimum Gasteiger partial charge on any atom is -0.388 e. The molecule has 0 aliphatic carbocycles. The second-order valence-corrected chi connectivity index (χ2v) is 5.13. The molecular formula is C15H24FNO. The highest BCUT2D eigenvalue weighted by atomic mass is 19.1. The van der Waals surface area contributed by atoms with E-state index < -0.39 is 6.10 Å². The maximum atomic E-state index is 12.8. The van der Waals surface area contributed by atoms with Gasteiger partial charge in [-0.1, -0.05) is 32.4 Å². The van der Waals surface area contributed by atoms with E-state index in [1.165, 1.54) is 12.1 Å². The van der Waals surface area contributed by atoms with E-state index in [0.29, 0.717) is 12.3 Å². The van der Waals surface area contributed by atoms with Crippen molar-refractivity contribution in [3.05, 3.63) is 35.6 Å². The molecule has 102 valence electrons. The molecule has 18 heavy (non-hydrogen) atoms. The fraction of sp³-hybridized carbons (Fsp3) is 0.600. The van der Waals surface area contributed by atoms with Crippen LogP contribution in [0.1, 0.15) is 45.3 Å². The molecule has 1 aromatic carbocycles.